The van der Waals surface area contributed by atoms with Crippen molar-refractivity contribution in [1.82, 2.24) is 0 Å². The summed E-state index contributed by atoms with van der Waals surface area (Å²) >= 11 is 8.04. The van der Waals surface area contributed by atoms with E-state index in [0.29, 0.717) is 11.4 Å². The van der Waals surface area contributed by atoms with Crippen LogP contribution in [0.25, 0.3) is 0 Å². The molecule has 3 nitrogen and oxygen atoms in total. The van der Waals surface area contributed by atoms with Gasteiger partial charge in [0.2, 0.25) is 0 Å². The lowest BCUT2D eigenvalue weighted by molar-refractivity contribution is 0.602. The lowest BCUT2D eigenvalue weighted by Gasteiger charge is -2.13. The number of sulfone groups is 1. The first-order chi connectivity index (χ1) is 7.46. The largest absolute Gasteiger partial charge is 0.380 e. The molecule has 0 aromatic heterocycles. The lowest BCUT2D eigenvalue weighted by atomic mass is 10.2. The maximum atomic E-state index is 11.3. The third-order valence-corrected chi connectivity index (χ3v) is 5.42. The molecule has 1 unspecified atom stereocenters. The molecule has 1 aliphatic heterocycles. The molecule has 88 valence electrons. The summed E-state index contributed by atoms with van der Waals surface area (Å²) in [6.45, 7) is 0. The number of anilines is 1. The van der Waals surface area contributed by atoms with Crippen molar-refractivity contribution in [3.05, 3.63) is 26.8 Å². The Labute approximate surface area is 114 Å². The van der Waals surface area contributed by atoms with Crippen LogP contribution in [0.4, 0.5) is 5.69 Å². The quantitative estimate of drug-likeness (QED) is 0.813. The molecule has 0 spiro atoms. The molecular formula is C10H11ClINO2S. The first kappa shape index (κ1) is 12.4. The van der Waals surface area contributed by atoms with Crippen molar-refractivity contribution in [3.63, 3.8) is 0 Å². The molecule has 1 aromatic rings. The first-order valence-corrected chi connectivity index (χ1v) is 8.16. The summed E-state index contributed by atoms with van der Waals surface area (Å²) in [5.41, 5.74) is 0.951. The normalized spacial score (nSPS) is 23.2. The summed E-state index contributed by atoms with van der Waals surface area (Å²) in [5, 5.41) is 3.94. The van der Waals surface area contributed by atoms with Gasteiger partial charge in [0.15, 0.2) is 9.84 Å². The van der Waals surface area contributed by atoms with Crippen molar-refractivity contribution in [1.29, 1.82) is 0 Å². The Balaban J connectivity index is 2.11. The number of halogens is 2. The van der Waals surface area contributed by atoms with Gasteiger partial charge in [-0.25, -0.2) is 8.42 Å². The van der Waals surface area contributed by atoms with E-state index in [0.717, 1.165) is 9.26 Å². The van der Waals surface area contributed by atoms with E-state index in [2.05, 4.69) is 27.9 Å². The van der Waals surface area contributed by atoms with Crippen LogP contribution in [0.5, 0.6) is 0 Å². The average molecular weight is 372 g/mol. The van der Waals surface area contributed by atoms with Gasteiger partial charge >= 0.3 is 0 Å². The Morgan fingerprint density at radius 2 is 2.19 bits per heavy atom. The van der Waals surface area contributed by atoms with E-state index in [1.54, 1.807) is 6.07 Å². The van der Waals surface area contributed by atoms with Crippen molar-refractivity contribution in [2.24, 2.45) is 0 Å². The van der Waals surface area contributed by atoms with Gasteiger partial charge in [0, 0.05) is 20.3 Å². The fourth-order valence-electron chi connectivity index (χ4n) is 1.74. The Bertz CT molecular complexity index is 504. The van der Waals surface area contributed by atoms with Crippen LogP contribution in [0.2, 0.25) is 5.02 Å². The molecule has 1 saturated heterocycles. The molecule has 0 radical (unpaired) electrons. The lowest BCUT2D eigenvalue weighted by Crippen LogP contribution is -2.21. The molecule has 6 heteroatoms. The molecule has 1 aromatic carbocycles. The molecule has 0 amide bonds. The topological polar surface area (TPSA) is 46.2 Å². The summed E-state index contributed by atoms with van der Waals surface area (Å²) in [6, 6.07) is 5.57. The summed E-state index contributed by atoms with van der Waals surface area (Å²) in [5.74, 6) is 0.514. The Hall–Kier alpha value is -0.0100. The fourth-order valence-corrected chi connectivity index (χ4v) is 4.44. The van der Waals surface area contributed by atoms with Crippen molar-refractivity contribution >= 4 is 49.7 Å². The molecule has 1 N–H and O–H groups in total. The van der Waals surface area contributed by atoms with Crippen LogP contribution in [-0.2, 0) is 9.84 Å². The van der Waals surface area contributed by atoms with Crippen molar-refractivity contribution in [2.75, 3.05) is 16.8 Å². The number of rotatable bonds is 2. The Morgan fingerprint density at radius 1 is 1.44 bits per heavy atom. The second-order valence-corrected chi connectivity index (χ2v) is 7.70. The molecular weight excluding hydrogens is 361 g/mol. The molecule has 2 rings (SSSR count). The number of benzene rings is 1. The summed E-state index contributed by atoms with van der Waals surface area (Å²) in [4.78, 5) is 0. The second-order valence-electron chi connectivity index (χ2n) is 3.87. The van der Waals surface area contributed by atoms with Gasteiger partial charge in [-0.1, -0.05) is 11.6 Å². The number of hydrogen-bond acceptors (Lipinski definition) is 3. The highest BCUT2D eigenvalue weighted by Gasteiger charge is 2.27. The van der Waals surface area contributed by atoms with E-state index < -0.39 is 9.84 Å². The van der Waals surface area contributed by atoms with E-state index in [-0.39, 0.29) is 17.5 Å². The molecule has 0 bridgehead atoms. The maximum Gasteiger partial charge on any atom is 0.152 e. The van der Waals surface area contributed by atoms with Crippen LogP contribution in [-0.4, -0.2) is 26.0 Å². The second kappa shape index (κ2) is 4.70. The zero-order chi connectivity index (χ0) is 11.8. The molecule has 16 heavy (non-hydrogen) atoms. The monoisotopic (exact) mass is 371 g/mol. The fraction of sp³-hybridized carbons (Fsp3) is 0.400. The van der Waals surface area contributed by atoms with E-state index in [9.17, 15) is 8.42 Å². The Morgan fingerprint density at radius 3 is 2.75 bits per heavy atom. The predicted octanol–water partition coefficient (Wildman–Crippen LogP) is 2.54. The molecule has 1 atom stereocenters. The minimum Gasteiger partial charge on any atom is -0.380 e. The van der Waals surface area contributed by atoms with Crippen LogP contribution in [0.1, 0.15) is 6.42 Å². The number of hydrogen-bond donors (Lipinski definition) is 1. The maximum absolute atomic E-state index is 11.3. The first-order valence-electron chi connectivity index (χ1n) is 4.88. The van der Waals surface area contributed by atoms with Crippen molar-refractivity contribution in [2.45, 2.75) is 12.5 Å². The highest BCUT2D eigenvalue weighted by Crippen LogP contribution is 2.25. The zero-order valence-electron chi connectivity index (χ0n) is 8.41. The zero-order valence-corrected chi connectivity index (χ0v) is 12.1. The van der Waals surface area contributed by atoms with E-state index in [1.165, 1.54) is 0 Å². The van der Waals surface area contributed by atoms with Gasteiger partial charge < -0.3 is 5.32 Å². The SMILES string of the molecule is O=S1(=O)CCC(Nc2ccc(Cl)cc2I)C1. The third-order valence-electron chi connectivity index (χ3n) is 2.52. The van der Waals surface area contributed by atoms with Gasteiger partial charge in [0.1, 0.15) is 0 Å². The highest BCUT2D eigenvalue weighted by molar-refractivity contribution is 14.1. The van der Waals surface area contributed by atoms with Gasteiger partial charge in [-0.15, -0.1) is 0 Å². The minimum atomic E-state index is -2.83. The van der Waals surface area contributed by atoms with Gasteiger partial charge in [-0.3, -0.25) is 0 Å². The van der Waals surface area contributed by atoms with Crippen molar-refractivity contribution < 1.29 is 8.42 Å². The van der Waals surface area contributed by atoms with E-state index in [1.807, 2.05) is 12.1 Å². The van der Waals surface area contributed by atoms with Crippen LogP contribution in [0, 0.1) is 3.57 Å². The molecule has 1 heterocycles. The molecule has 1 aliphatic rings. The van der Waals surface area contributed by atoms with Crippen molar-refractivity contribution in [3.8, 4) is 0 Å². The van der Waals surface area contributed by atoms with Gasteiger partial charge in [-0.05, 0) is 47.2 Å². The third kappa shape index (κ3) is 3.01. The van der Waals surface area contributed by atoms with E-state index >= 15 is 0 Å². The van der Waals surface area contributed by atoms with Crippen LogP contribution >= 0.6 is 34.2 Å². The highest BCUT2D eigenvalue weighted by atomic mass is 127. The summed E-state index contributed by atoms with van der Waals surface area (Å²) in [7, 11) is -2.83. The standard InChI is InChI=1S/C10H11ClINO2S/c11-7-1-2-10(9(12)5-7)13-8-3-4-16(14,15)6-8/h1-2,5,8,13H,3-4,6H2. The van der Waals surface area contributed by atoms with Gasteiger partial charge in [-0.2, -0.15) is 0 Å². The summed E-state index contributed by atoms with van der Waals surface area (Å²) in [6.07, 6.45) is 0.682. The predicted molar refractivity (Wildman–Crippen MR) is 74.9 cm³/mol. The van der Waals surface area contributed by atoms with Gasteiger partial charge in [0.05, 0.1) is 11.5 Å². The van der Waals surface area contributed by atoms with E-state index in [4.69, 9.17) is 11.6 Å². The molecule has 0 saturated carbocycles. The Kier molecular flexibility index (Phi) is 3.65. The van der Waals surface area contributed by atoms with Crippen LogP contribution in [0.3, 0.4) is 0 Å². The van der Waals surface area contributed by atoms with Gasteiger partial charge in [0.25, 0.3) is 0 Å². The van der Waals surface area contributed by atoms with Crippen LogP contribution < -0.4 is 5.32 Å². The number of nitrogens with one attached hydrogen (secondary N) is 1. The molecule has 1 fully saturated rings. The summed E-state index contributed by atoms with van der Waals surface area (Å²) < 4.78 is 23.6. The average Bonchev–Trinajstić information content (AvgIpc) is 2.51. The minimum absolute atomic E-state index is 0.0275. The smallest absolute Gasteiger partial charge is 0.152 e. The van der Waals surface area contributed by atoms with Crippen LogP contribution in [0.15, 0.2) is 18.2 Å². The molecule has 0 aliphatic carbocycles.